The molecular formula is C70H111NO8. The number of carbonyl (C=O) groups is 3. The van der Waals surface area contributed by atoms with Crippen molar-refractivity contribution in [2.24, 2.45) is 0 Å². The number of esters is 2. The number of ether oxygens (including phenoxy) is 4. The first-order chi connectivity index (χ1) is 38.6. The Bertz CT molecular complexity index is 1850. The van der Waals surface area contributed by atoms with Crippen LogP contribution < -0.4 is 5.11 Å². The molecule has 0 spiro atoms. The molecule has 0 aromatic carbocycles. The molecule has 0 radical (unpaired) electrons. The van der Waals surface area contributed by atoms with Gasteiger partial charge in [0.1, 0.15) is 13.2 Å². The van der Waals surface area contributed by atoms with Crippen LogP contribution in [0.2, 0.25) is 0 Å². The number of rotatable bonds is 54. The van der Waals surface area contributed by atoms with Crippen molar-refractivity contribution in [1.82, 2.24) is 0 Å². The van der Waals surface area contributed by atoms with E-state index in [9.17, 15) is 19.5 Å². The van der Waals surface area contributed by atoms with Crippen molar-refractivity contribution in [1.29, 1.82) is 0 Å². The molecule has 444 valence electrons. The van der Waals surface area contributed by atoms with Gasteiger partial charge in [-0.25, -0.2) is 0 Å². The molecule has 2 atom stereocenters. The van der Waals surface area contributed by atoms with E-state index in [2.05, 4.69) is 172 Å². The highest BCUT2D eigenvalue weighted by Gasteiger charge is 2.22. The maximum absolute atomic E-state index is 12.9. The van der Waals surface area contributed by atoms with Crippen LogP contribution in [0.1, 0.15) is 206 Å². The molecular weight excluding hydrogens is 983 g/mol. The summed E-state index contributed by atoms with van der Waals surface area (Å²) in [6, 6.07) is 0. The number of carbonyl (C=O) groups excluding carboxylic acids is 3. The Morgan fingerprint density at radius 3 is 1.09 bits per heavy atom. The molecule has 0 aromatic heterocycles. The fraction of sp³-hybridized carbons (Fsp3) is 0.586. The highest BCUT2D eigenvalue weighted by atomic mass is 16.7. The zero-order chi connectivity index (χ0) is 57.6. The number of carboxylic acid groups (broad SMARTS) is 1. The maximum atomic E-state index is 12.9. The Morgan fingerprint density at radius 1 is 0.392 bits per heavy atom. The third-order valence-corrected chi connectivity index (χ3v) is 12.3. The van der Waals surface area contributed by atoms with Gasteiger partial charge in [0.15, 0.2) is 12.4 Å². The van der Waals surface area contributed by atoms with Crippen LogP contribution >= 0.6 is 0 Å². The minimum atomic E-state index is -1.64. The summed E-state index contributed by atoms with van der Waals surface area (Å²) in [6.45, 7) is 4.53. The van der Waals surface area contributed by atoms with Gasteiger partial charge in [-0.15, -0.1) is 0 Å². The average molecular weight is 1090 g/mol. The molecule has 0 rings (SSSR count). The van der Waals surface area contributed by atoms with Crippen LogP contribution in [0.5, 0.6) is 0 Å². The topological polar surface area (TPSA) is 111 Å². The fourth-order valence-corrected chi connectivity index (χ4v) is 7.57. The van der Waals surface area contributed by atoms with Gasteiger partial charge in [-0.1, -0.05) is 223 Å². The molecule has 9 nitrogen and oxygen atoms in total. The number of aliphatic carboxylic acids is 1. The second-order valence-electron chi connectivity index (χ2n) is 20.9. The number of likely N-dealkylation sites (N-methyl/N-ethyl adjacent to an activating group) is 1. The normalized spacial score (nSPS) is 13.9. The Kier molecular flexibility index (Phi) is 55.2. The molecule has 2 unspecified atom stereocenters. The Balaban J connectivity index is 4.32. The lowest BCUT2D eigenvalue weighted by molar-refractivity contribution is -0.870. The van der Waals surface area contributed by atoms with Gasteiger partial charge in [0.2, 0.25) is 0 Å². The molecule has 79 heavy (non-hydrogen) atoms. The summed E-state index contributed by atoms with van der Waals surface area (Å²) in [6.07, 6.45) is 84.4. The van der Waals surface area contributed by atoms with Crippen molar-refractivity contribution in [3.05, 3.63) is 158 Å². The van der Waals surface area contributed by atoms with E-state index in [4.69, 9.17) is 18.9 Å². The third-order valence-electron chi connectivity index (χ3n) is 12.3. The van der Waals surface area contributed by atoms with Gasteiger partial charge in [-0.3, -0.25) is 9.59 Å². The molecule has 0 fully saturated rings. The number of hydrogen-bond acceptors (Lipinski definition) is 8. The Labute approximate surface area is 483 Å². The van der Waals surface area contributed by atoms with Crippen LogP contribution in [0.3, 0.4) is 0 Å². The minimum Gasteiger partial charge on any atom is -0.545 e. The summed E-state index contributed by atoms with van der Waals surface area (Å²) in [4.78, 5) is 37.3. The molecule has 0 bridgehead atoms. The summed E-state index contributed by atoms with van der Waals surface area (Å²) in [5.74, 6) is -2.36. The van der Waals surface area contributed by atoms with E-state index < -0.39 is 24.3 Å². The van der Waals surface area contributed by atoms with Gasteiger partial charge in [0, 0.05) is 12.8 Å². The molecule has 0 aliphatic carbocycles. The predicted molar refractivity (Wildman–Crippen MR) is 333 cm³/mol. The summed E-state index contributed by atoms with van der Waals surface area (Å²) in [5, 5.41) is 11.8. The first-order valence-corrected chi connectivity index (χ1v) is 30.6. The molecule has 0 heterocycles. The van der Waals surface area contributed by atoms with E-state index in [0.29, 0.717) is 17.4 Å². The van der Waals surface area contributed by atoms with Crippen LogP contribution in [-0.2, 0) is 33.3 Å². The van der Waals surface area contributed by atoms with Gasteiger partial charge < -0.3 is 33.3 Å². The largest absolute Gasteiger partial charge is 0.545 e. The number of hydrogen-bond donors (Lipinski definition) is 0. The number of nitrogens with zero attached hydrogens (tertiary/aromatic N) is 1. The molecule has 0 aliphatic rings. The number of carboxylic acids is 1. The van der Waals surface area contributed by atoms with Gasteiger partial charge in [0.05, 0.1) is 40.3 Å². The first-order valence-electron chi connectivity index (χ1n) is 30.6. The Morgan fingerprint density at radius 2 is 0.722 bits per heavy atom. The van der Waals surface area contributed by atoms with Crippen LogP contribution in [0, 0.1) is 0 Å². The molecule has 0 saturated carbocycles. The summed E-state index contributed by atoms with van der Waals surface area (Å²) in [7, 11) is 5.89. The van der Waals surface area contributed by atoms with Crippen LogP contribution in [-0.4, -0.2) is 82.3 Å². The molecule has 0 amide bonds. The number of quaternary nitrogens is 1. The highest BCUT2D eigenvalue weighted by molar-refractivity contribution is 5.70. The van der Waals surface area contributed by atoms with Gasteiger partial charge in [-0.2, -0.15) is 0 Å². The molecule has 0 N–H and O–H groups in total. The fourth-order valence-electron chi connectivity index (χ4n) is 7.57. The smallest absolute Gasteiger partial charge is 0.306 e. The first kappa shape index (κ1) is 73.9. The van der Waals surface area contributed by atoms with Crippen LogP contribution in [0.25, 0.3) is 0 Å². The molecule has 0 saturated heterocycles. The monoisotopic (exact) mass is 1090 g/mol. The lowest BCUT2D eigenvalue weighted by Crippen LogP contribution is -2.44. The van der Waals surface area contributed by atoms with E-state index >= 15 is 0 Å². The van der Waals surface area contributed by atoms with Crippen LogP contribution in [0.15, 0.2) is 158 Å². The summed E-state index contributed by atoms with van der Waals surface area (Å²) < 4.78 is 22.6. The lowest BCUT2D eigenvalue weighted by atomic mass is 10.1. The number of unbranched alkanes of at least 4 members (excludes halogenated alkanes) is 13. The summed E-state index contributed by atoms with van der Waals surface area (Å²) >= 11 is 0. The SMILES string of the molecule is CC/C=C\C/C=C\C/C=C\C/C=C\C/C=C\C/C=C\C/C=C\C/C=C\C/C=C\C/C=C\C/C=C\CCCCCC(=O)OC(COC(=O)CCCCCCCCC/C=C\C/C=C\CCCCC)COC(OCC[N+](C)(C)C)C(=O)[O-]. The van der Waals surface area contributed by atoms with E-state index in [0.717, 1.165) is 128 Å². The van der Waals surface area contributed by atoms with Gasteiger partial charge in [0.25, 0.3) is 0 Å². The Hall–Kier alpha value is -5.09. The zero-order valence-corrected chi connectivity index (χ0v) is 50.4. The van der Waals surface area contributed by atoms with Crippen molar-refractivity contribution >= 4 is 17.9 Å². The minimum absolute atomic E-state index is 0.131. The van der Waals surface area contributed by atoms with E-state index in [-0.39, 0.29) is 38.6 Å². The van der Waals surface area contributed by atoms with E-state index in [1.165, 1.54) is 44.9 Å². The second kappa shape index (κ2) is 59.0. The lowest BCUT2D eigenvalue weighted by Gasteiger charge is -2.26. The van der Waals surface area contributed by atoms with Crippen molar-refractivity contribution in [2.75, 3.05) is 47.5 Å². The van der Waals surface area contributed by atoms with Crippen molar-refractivity contribution in [3.63, 3.8) is 0 Å². The van der Waals surface area contributed by atoms with Crippen LogP contribution in [0.4, 0.5) is 0 Å². The quantitative estimate of drug-likeness (QED) is 0.0195. The standard InChI is InChI=1S/C70H111NO8/c1-6-8-10-12-14-16-18-20-22-24-25-26-27-28-29-30-31-32-33-34-35-36-37-38-39-40-41-42-43-45-47-49-51-53-55-57-59-61-68(73)79-66(65-78-70(69(74)75)76-63-62-71(3,4)5)64-77-67(72)60-58-56-54-52-50-48-46-44-23-21-19-17-15-13-11-9-7-2/h8,10,14-17,20-23,25-26,28-29,31-32,34-35,37-38,40-41,43,45,49,51,66,70H,6-7,9,11-13,18-19,24,27,30,33,36,39,42,44,46-48,50,52-65H2,1-5H3/b10-8-,16-14-,17-15-,22-20-,23-21-,26-25-,29-28-,32-31-,35-34-,38-37-,41-40-,45-43-,51-49-. The van der Waals surface area contributed by atoms with Gasteiger partial charge >= 0.3 is 11.9 Å². The third kappa shape index (κ3) is 60.4. The van der Waals surface area contributed by atoms with Crippen molar-refractivity contribution in [2.45, 2.75) is 219 Å². The molecule has 0 aliphatic heterocycles. The average Bonchev–Trinajstić information content (AvgIpc) is 3.42. The highest BCUT2D eigenvalue weighted by Crippen LogP contribution is 2.13. The zero-order valence-electron chi connectivity index (χ0n) is 50.4. The van der Waals surface area contributed by atoms with Crippen molar-refractivity contribution in [3.8, 4) is 0 Å². The van der Waals surface area contributed by atoms with Gasteiger partial charge in [-0.05, 0) is 128 Å². The summed E-state index contributed by atoms with van der Waals surface area (Å²) in [5.41, 5.74) is 0. The molecule has 9 heteroatoms. The number of allylic oxidation sites excluding steroid dienone is 26. The van der Waals surface area contributed by atoms with E-state index in [1.54, 1.807) is 0 Å². The van der Waals surface area contributed by atoms with Crippen molar-refractivity contribution < 1.29 is 42.9 Å². The second-order valence-corrected chi connectivity index (χ2v) is 20.9. The predicted octanol–water partition coefficient (Wildman–Crippen LogP) is 17.2. The van der Waals surface area contributed by atoms with E-state index in [1.807, 2.05) is 21.1 Å². The maximum Gasteiger partial charge on any atom is 0.306 e. The molecule has 0 aromatic rings.